The number of amides is 1. The van der Waals surface area contributed by atoms with Crippen LogP contribution in [-0.4, -0.2) is 33.5 Å². The second-order valence-corrected chi connectivity index (χ2v) is 8.15. The van der Waals surface area contributed by atoms with Crippen LogP contribution in [0.2, 0.25) is 0 Å². The van der Waals surface area contributed by atoms with Gasteiger partial charge in [-0.25, -0.2) is 0 Å². The van der Waals surface area contributed by atoms with E-state index in [-0.39, 0.29) is 5.91 Å². The summed E-state index contributed by atoms with van der Waals surface area (Å²) in [5, 5.41) is 12.5. The minimum Gasteiger partial charge on any atom is -0.496 e. The summed E-state index contributed by atoms with van der Waals surface area (Å²) in [6.45, 7) is 3.93. The van der Waals surface area contributed by atoms with Crippen molar-refractivity contribution in [3.05, 3.63) is 29.1 Å². The lowest BCUT2D eigenvalue weighted by molar-refractivity contribution is -0.113. The molecule has 6 nitrogen and oxygen atoms in total. The summed E-state index contributed by atoms with van der Waals surface area (Å²) in [4.78, 5) is 12.4. The second-order valence-electron chi connectivity index (χ2n) is 7.21. The Morgan fingerprint density at radius 3 is 2.67 bits per heavy atom. The number of carbonyl (C=O) groups excluding carboxylic acids is 1. The number of nitrogens with one attached hydrogen (secondary N) is 1. The minimum atomic E-state index is -0.0464. The van der Waals surface area contributed by atoms with Crippen molar-refractivity contribution < 1.29 is 9.53 Å². The van der Waals surface area contributed by atoms with Crippen LogP contribution in [0.25, 0.3) is 0 Å². The van der Waals surface area contributed by atoms with Crippen LogP contribution < -0.4 is 10.1 Å². The lowest BCUT2D eigenvalue weighted by Crippen LogP contribution is -2.16. The number of methoxy groups -OCH3 is 1. The Kier molecular flexibility index (Phi) is 6.42. The van der Waals surface area contributed by atoms with Crippen molar-refractivity contribution in [1.82, 2.24) is 14.8 Å². The van der Waals surface area contributed by atoms with E-state index in [0.29, 0.717) is 11.7 Å². The fraction of sp³-hybridized carbons (Fsp3) is 0.550. The van der Waals surface area contributed by atoms with Crippen LogP contribution >= 0.6 is 11.8 Å². The number of carbonyl (C=O) groups is 1. The first-order chi connectivity index (χ1) is 13.0. The average Bonchev–Trinajstić information content (AvgIpc) is 3.04. The van der Waals surface area contributed by atoms with Crippen LogP contribution in [0.3, 0.4) is 0 Å². The van der Waals surface area contributed by atoms with Crippen molar-refractivity contribution in [1.29, 1.82) is 0 Å². The average molecular weight is 389 g/mol. The number of thioether (sulfide) groups is 1. The monoisotopic (exact) mass is 388 g/mol. The maximum atomic E-state index is 12.4. The molecule has 146 valence electrons. The number of anilines is 1. The standard InChI is InChI=1S/C20H28N4O2S/c1-13-11-17(26-4)14(2)10-16(13)21-18(25)12-27-20-23-22-19(24(20)3)15-8-6-5-7-9-15/h10-11,15H,5-9,12H2,1-4H3,(H,21,25). The first-order valence-corrected chi connectivity index (χ1v) is 10.4. The predicted molar refractivity (Wildman–Crippen MR) is 109 cm³/mol. The molecule has 7 heteroatoms. The quantitative estimate of drug-likeness (QED) is 0.751. The molecule has 1 heterocycles. The van der Waals surface area contributed by atoms with Gasteiger partial charge in [-0.3, -0.25) is 4.79 Å². The van der Waals surface area contributed by atoms with Gasteiger partial charge in [-0.2, -0.15) is 0 Å². The molecule has 1 aromatic heterocycles. The molecule has 0 unspecified atom stereocenters. The Morgan fingerprint density at radius 2 is 1.96 bits per heavy atom. The third kappa shape index (κ3) is 4.64. The highest BCUT2D eigenvalue weighted by Crippen LogP contribution is 2.32. The summed E-state index contributed by atoms with van der Waals surface area (Å²) < 4.78 is 7.37. The Hall–Kier alpha value is -2.02. The zero-order valence-corrected chi connectivity index (χ0v) is 17.4. The molecule has 1 fully saturated rings. The fourth-order valence-electron chi connectivity index (χ4n) is 3.63. The zero-order valence-electron chi connectivity index (χ0n) is 16.5. The van der Waals surface area contributed by atoms with Gasteiger partial charge in [0.25, 0.3) is 0 Å². The Bertz CT molecular complexity index is 813. The molecule has 0 aliphatic heterocycles. The van der Waals surface area contributed by atoms with Crippen LogP contribution in [-0.2, 0) is 11.8 Å². The molecule has 0 atom stereocenters. The molecule has 3 rings (SSSR count). The highest BCUT2D eigenvalue weighted by atomic mass is 32.2. The van der Waals surface area contributed by atoms with Gasteiger partial charge in [0.2, 0.25) is 5.91 Å². The van der Waals surface area contributed by atoms with Gasteiger partial charge in [0, 0.05) is 18.7 Å². The molecule has 0 radical (unpaired) electrons. The summed E-state index contributed by atoms with van der Waals surface area (Å²) >= 11 is 1.43. The molecule has 1 aromatic carbocycles. The SMILES string of the molecule is COc1cc(C)c(NC(=O)CSc2nnc(C3CCCCC3)n2C)cc1C. The van der Waals surface area contributed by atoms with Crippen LogP contribution in [0.5, 0.6) is 5.75 Å². The number of benzene rings is 1. The zero-order chi connectivity index (χ0) is 19.4. The molecule has 27 heavy (non-hydrogen) atoms. The number of ether oxygens (including phenoxy) is 1. The summed E-state index contributed by atoms with van der Waals surface area (Å²) in [5.41, 5.74) is 2.80. The van der Waals surface area contributed by atoms with Gasteiger partial charge in [0.05, 0.1) is 12.9 Å². The Labute approximate surface area is 165 Å². The molecular formula is C20H28N4O2S. The molecule has 0 spiro atoms. The van der Waals surface area contributed by atoms with E-state index in [4.69, 9.17) is 4.74 Å². The minimum absolute atomic E-state index is 0.0464. The molecule has 1 N–H and O–H groups in total. The van der Waals surface area contributed by atoms with Gasteiger partial charge < -0.3 is 14.6 Å². The van der Waals surface area contributed by atoms with E-state index < -0.39 is 0 Å². The number of hydrogen-bond acceptors (Lipinski definition) is 5. The number of hydrogen-bond donors (Lipinski definition) is 1. The summed E-state index contributed by atoms with van der Waals surface area (Å²) in [6.07, 6.45) is 6.23. The second kappa shape index (κ2) is 8.78. The normalized spacial score (nSPS) is 15.0. The maximum absolute atomic E-state index is 12.4. The van der Waals surface area contributed by atoms with Crippen LogP contribution in [0, 0.1) is 13.8 Å². The molecule has 1 aliphatic rings. The number of rotatable bonds is 6. The summed E-state index contributed by atoms with van der Waals surface area (Å²) in [5.74, 6) is 2.65. The molecule has 2 aromatic rings. The van der Waals surface area contributed by atoms with Gasteiger partial charge in [-0.1, -0.05) is 31.0 Å². The molecule has 0 saturated heterocycles. The third-order valence-electron chi connectivity index (χ3n) is 5.19. The van der Waals surface area contributed by atoms with E-state index in [9.17, 15) is 4.79 Å². The van der Waals surface area contributed by atoms with E-state index in [1.54, 1.807) is 7.11 Å². The number of aromatic nitrogens is 3. The van der Waals surface area contributed by atoms with Crippen molar-refractivity contribution in [3.63, 3.8) is 0 Å². The third-order valence-corrected chi connectivity index (χ3v) is 6.21. The van der Waals surface area contributed by atoms with E-state index in [2.05, 4.69) is 20.1 Å². The molecule has 1 aliphatic carbocycles. The first-order valence-electron chi connectivity index (χ1n) is 9.46. The number of aryl methyl sites for hydroxylation is 2. The largest absolute Gasteiger partial charge is 0.496 e. The van der Waals surface area contributed by atoms with E-state index in [1.165, 1.54) is 43.9 Å². The van der Waals surface area contributed by atoms with Crippen molar-refractivity contribution in [2.45, 2.75) is 57.0 Å². The molecule has 1 saturated carbocycles. The number of nitrogens with zero attached hydrogens (tertiary/aromatic N) is 3. The van der Waals surface area contributed by atoms with Gasteiger partial charge in [0.15, 0.2) is 5.16 Å². The van der Waals surface area contributed by atoms with Gasteiger partial charge >= 0.3 is 0 Å². The molecular weight excluding hydrogens is 360 g/mol. The van der Waals surface area contributed by atoms with Gasteiger partial charge in [-0.05, 0) is 49.9 Å². The Morgan fingerprint density at radius 1 is 1.22 bits per heavy atom. The predicted octanol–water partition coefficient (Wildman–Crippen LogP) is 4.22. The van der Waals surface area contributed by atoms with E-state index >= 15 is 0 Å². The van der Waals surface area contributed by atoms with Crippen LogP contribution in [0.1, 0.15) is 55.0 Å². The van der Waals surface area contributed by atoms with Crippen molar-refractivity contribution >= 4 is 23.4 Å². The first kappa shape index (κ1) is 19.7. The molecule has 0 bridgehead atoms. The van der Waals surface area contributed by atoms with E-state index in [0.717, 1.165) is 33.5 Å². The van der Waals surface area contributed by atoms with E-state index in [1.807, 2.05) is 33.0 Å². The topological polar surface area (TPSA) is 69.0 Å². The fourth-order valence-corrected chi connectivity index (χ4v) is 4.35. The van der Waals surface area contributed by atoms with Gasteiger partial charge in [0.1, 0.15) is 11.6 Å². The van der Waals surface area contributed by atoms with Crippen molar-refractivity contribution in [2.75, 3.05) is 18.2 Å². The summed E-state index contributed by atoms with van der Waals surface area (Å²) in [7, 11) is 3.65. The van der Waals surface area contributed by atoms with Crippen LogP contribution in [0.15, 0.2) is 17.3 Å². The van der Waals surface area contributed by atoms with Crippen molar-refractivity contribution in [3.8, 4) is 5.75 Å². The lowest BCUT2D eigenvalue weighted by Gasteiger charge is -2.20. The molecule has 1 amide bonds. The highest BCUT2D eigenvalue weighted by molar-refractivity contribution is 7.99. The summed E-state index contributed by atoms with van der Waals surface area (Å²) in [6, 6.07) is 3.89. The highest BCUT2D eigenvalue weighted by Gasteiger charge is 2.22. The lowest BCUT2D eigenvalue weighted by atomic mass is 9.89. The van der Waals surface area contributed by atoms with Crippen LogP contribution in [0.4, 0.5) is 5.69 Å². The van der Waals surface area contributed by atoms with Gasteiger partial charge in [-0.15, -0.1) is 10.2 Å². The maximum Gasteiger partial charge on any atom is 0.234 e. The smallest absolute Gasteiger partial charge is 0.234 e. The Balaban J connectivity index is 1.60. The van der Waals surface area contributed by atoms with Crippen molar-refractivity contribution in [2.24, 2.45) is 7.05 Å².